The van der Waals surface area contributed by atoms with Crippen molar-refractivity contribution in [3.63, 3.8) is 0 Å². The van der Waals surface area contributed by atoms with Gasteiger partial charge in [-0.25, -0.2) is 0 Å². The van der Waals surface area contributed by atoms with Crippen LogP contribution in [0.25, 0.3) is 0 Å². The summed E-state index contributed by atoms with van der Waals surface area (Å²) in [7, 11) is 2.15. The number of aliphatic carboxylic acids is 1. The molecular formula is C14H26N2O2. The summed E-state index contributed by atoms with van der Waals surface area (Å²) in [6.07, 6.45) is 4.81. The van der Waals surface area contributed by atoms with Crippen molar-refractivity contribution >= 4 is 5.97 Å². The first-order chi connectivity index (χ1) is 8.40. The highest BCUT2D eigenvalue weighted by Gasteiger charge is 2.44. The predicted octanol–water partition coefficient (Wildman–Crippen LogP) is 1.80. The van der Waals surface area contributed by atoms with Crippen LogP contribution >= 0.6 is 0 Å². The van der Waals surface area contributed by atoms with E-state index in [2.05, 4.69) is 30.7 Å². The van der Waals surface area contributed by atoms with Gasteiger partial charge in [-0.15, -0.1) is 0 Å². The van der Waals surface area contributed by atoms with Crippen molar-refractivity contribution in [3.05, 3.63) is 0 Å². The molecule has 104 valence electrons. The van der Waals surface area contributed by atoms with Crippen LogP contribution < -0.4 is 0 Å². The third-order valence-corrected chi connectivity index (χ3v) is 4.35. The normalized spacial score (nSPS) is 30.1. The van der Waals surface area contributed by atoms with Gasteiger partial charge in [0, 0.05) is 30.6 Å². The molecule has 1 aliphatic heterocycles. The Bertz CT molecular complexity index is 313. The first kappa shape index (κ1) is 13.8. The molecule has 1 N–H and O–H groups in total. The maximum Gasteiger partial charge on any atom is 0.303 e. The molecule has 1 saturated carbocycles. The second-order valence-electron chi connectivity index (χ2n) is 6.55. The summed E-state index contributed by atoms with van der Waals surface area (Å²) in [5.74, 6) is -0.671. The van der Waals surface area contributed by atoms with Crippen molar-refractivity contribution in [2.75, 3.05) is 20.1 Å². The minimum atomic E-state index is -0.671. The van der Waals surface area contributed by atoms with E-state index in [9.17, 15) is 4.79 Å². The Morgan fingerprint density at radius 3 is 2.61 bits per heavy atom. The van der Waals surface area contributed by atoms with E-state index in [1.807, 2.05) is 0 Å². The Kier molecular flexibility index (Phi) is 3.97. The van der Waals surface area contributed by atoms with Gasteiger partial charge in [-0.3, -0.25) is 9.69 Å². The van der Waals surface area contributed by atoms with Crippen LogP contribution in [0.2, 0.25) is 0 Å². The maximum atomic E-state index is 10.8. The number of carboxylic acids is 1. The van der Waals surface area contributed by atoms with E-state index in [1.54, 1.807) is 0 Å². The monoisotopic (exact) mass is 254 g/mol. The number of carboxylic acid groups (broad SMARTS) is 1. The second-order valence-corrected chi connectivity index (χ2v) is 6.55. The highest BCUT2D eigenvalue weighted by Crippen LogP contribution is 2.38. The number of rotatable bonds is 4. The van der Waals surface area contributed by atoms with Crippen LogP contribution in [0, 0.1) is 0 Å². The van der Waals surface area contributed by atoms with E-state index in [1.165, 1.54) is 19.3 Å². The highest BCUT2D eigenvalue weighted by atomic mass is 16.4. The molecule has 1 heterocycles. The van der Waals surface area contributed by atoms with Crippen LogP contribution in [0.1, 0.15) is 46.0 Å². The highest BCUT2D eigenvalue weighted by molar-refractivity contribution is 5.66. The average Bonchev–Trinajstić information content (AvgIpc) is 3.06. The van der Waals surface area contributed by atoms with Gasteiger partial charge in [0.25, 0.3) is 0 Å². The molecular weight excluding hydrogens is 228 g/mol. The third-order valence-electron chi connectivity index (χ3n) is 4.35. The fourth-order valence-electron chi connectivity index (χ4n) is 3.29. The lowest BCUT2D eigenvalue weighted by molar-refractivity contribution is -0.137. The lowest BCUT2D eigenvalue weighted by Gasteiger charge is -2.42. The quantitative estimate of drug-likeness (QED) is 0.831. The summed E-state index contributed by atoms with van der Waals surface area (Å²) in [4.78, 5) is 15.8. The fourth-order valence-corrected chi connectivity index (χ4v) is 3.29. The van der Waals surface area contributed by atoms with Gasteiger partial charge < -0.3 is 10.0 Å². The molecule has 0 spiro atoms. The number of likely N-dealkylation sites (N-methyl/N-ethyl adjacent to an activating group) is 1. The summed E-state index contributed by atoms with van der Waals surface area (Å²) >= 11 is 0. The molecule has 1 saturated heterocycles. The Morgan fingerprint density at radius 1 is 1.39 bits per heavy atom. The van der Waals surface area contributed by atoms with Gasteiger partial charge in [-0.1, -0.05) is 0 Å². The predicted molar refractivity (Wildman–Crippen MR) is 71.7 cm³/mol. The maximum absolute atomic E-state index is 10.8. The zero-order valence-corrected chi connectivity index (χ0v) is 11.9. The molecule has 0 amide bonds. The number of hydrogen-bond donors (Lipinski definition) is 1. The Morgan fingerprint density at radius 2 is 2.06 bits per heavy atom. The van der Waals surface area contributed by atoms with Crippen LogP contribution in [-0.4, -0.2) is 58.6 Å². The molecule has 0 aromatic rings. The van der Waals surface area contributed by atoms with E-state index in [4.69, 9.17) is 5.11 Å². The SMILES string of the molecule is CN1CCC(C)(C)N(C2CC2)C(CCC(=O)O)C1. The molecule has 1 unspecified atom stereocenters. The molecule has 0 radical (unpaired) electrons. The molecule has 1 atom stereocenters. The van der Waals surface area contributed by atoms with Gasteiger partial charge in [0.15, 0.2) is 0 Å². The molecule has 4 nitrogen and oxygen atoms in total. The van der Waals surface area contributed by atoms with Crippen molar-refractivity contribution in [2.45, 2.75) is 63.6 Å². The number of hydrogen-bond acceptors (Lipinski definition) is 3. The minimum absolute atomic E-state index is 0.203. The van der Waals surface area contributed by atoms with Crippen LogP contribution in [0.15, 0.2) is 0 Å². The summed E-state index contributed by atoms with van der Waals surface area (Å²) in [5.41, 5.74) is 0.203. The summed E-state index contributed by atoms with van der Waals surface area (Å²) in [6.45, 7) is 6.75. The fraction of sp³-hybridized carbons (Fsp3) is 0.929. The van der Waals surface area contributed by atoms with E-state index in [0.29, 0.717) is 12.1 Å². The Hall–Kier alpha value is -0.610. The average molecular weight is 254 g/mol. The largest absolute Gasteiger partial charge is 0.481 e. The first-order valence-corrected chi connectivity index (χ1v) is 7.09. The molecule has 2 aliphatic rings. The van der Waals surface area contributed by atoms with E-state index in [0.717, 1.165) is 19.5 Å². The minimum Gasteiger partial charge on any atom is -0.481 e. The topological polar surface area (TPSA) is 43.8 Å². The molecule has 2 rings (SSSR count). The van der Waals surface area contributed by atoms with E-state index >= 15 is 0 Å². The lowest BCUT2D eigenvalue weighted by Crippen LogP contribution is -2.52. The van der Waals surface area contributed by atoms with Gasteiger partial charge in [-0.05, 0) is 53.1 Å². The molecule has 1 aliphatic carbocycles. The van der Waals surface area contributed by atoms with Gasteiger partial charge >= 0.3 is 5.97 Å². The van der Waals surface area contributed by atoms with Crippen LogP contribution in [0.3, 0.4) is 0 Å². The Labute approximate surface area is 110 Å². The van der Waals surface area contributed by atoms with Gasteiger partial charge in [0.1, 0.15) is 0 Å². The van der Waals surface area contributed by atoms with Crippen LogP contribution in [-0.2, 0) is 4.79 Å². The molecule has 0 bridgehead atoms. The molecule has 2 fully saturated rings. The molecule has 0 aromatic carbocycles. The third kappa shape index (κ3) is 3.23. The standard InChI is InChI=1S/C14H26N2O2/c1-14(2)8-9-15(3)10-12(6-7-13(17)18)16(14)11-4-5-11/h11-12H,4-10H2,1-3H3,(H,17,18). The molecule has 4 heteroatoms. The number of carbonyl (C=O) groups is 1. The summed E-state index contributed by atoms with van der Waals surface area (Å²) in [6, 6.07) is 1.10. The molecule has 0 aromatic heterocycles. The molecule has 18 heavy (non-hydrogen) atoms. The number of nitrogens with zero attached hydrogens (tertiary/aromatic N) is 2. The van der Waals surface area contributed by atoms with Crippen LogP contribution in [0.4, 0.5) is 0 Å². The van der Waals surface area contributed by atoms with E-state index in [-0.39, 0.29) is 12.0 Å². The van der Waals surface area contributed by atoms with Crippen molar-refractivity contribution < 1.29 is 9.90 Å². The second kappa shape index (κ2) is 5.17. The van der Waals surface area contributed by atoms with Crippen molar-refractivity contribution in [2.24, 2.45) is 0 Å². The van der Waals surface area contributed by atoms with Crippen LogP contribution in [0.5, 0.6) is 0 Å². The smallest absolute Gasteiger partial charge is 0.303 e. The van der Waals surface area contributed by atoms with Gasteiger partial charge in [0.2, 0.25) is 0 Å². The zero-order chi connectivity index (χ0) is 13.3. The first-order valence-electron chi connectivity index (χ1n) is 7.09. The van der Waals surface area contributed by atoms with Gasteiger partial charge in [-0.2, -0.15) is 0 Å². The summed E-state index contributed by atoms with van der Waals surface area (Å²) in [5, 5.41) is 8.92. The Balaban J connectivity index is 2.11. The van der Waals surface area contributed by atoms with Crippen molar-refractivity contribution in [3.8, 4) is 0 Å². The lowest BCUT2D eigenvalue weighted by atomic mass is 9.95. The zero-order valence-electron chi connectivity index (χ0n) is 11.9. The van der Waals surface area contributed by atoms with Crippen molar-refractivity contribution in [1.82, 2.24) is 9.80 Å². The van der Waals surface area contributed by atoms with E-state index < -0.39 is 5.97 Å². The summed E-state index contributed by atoms with van der Waals surface area (Å²) < 4.78 is 0. The van der Waals surface area contributed by atoms with Crippen molar-refractivity contribution in [1.29, 1.82) is 0 Å². The van der Waals surface area contributed by atoms with Gasteiger partial charge in [0.05, 0.1) is 0 Å².